The zero-order chi connectivity index (χ0) is 17.7. The van der Waals surface area contributed by atoms with Crippen molar-refractivity contribution in [2.24, 2.45) is 5.73 Å². The summed E-state index contributed by atoms with van der Waals surface area (Å²) in [5.74, 6) is -0.410. The van der Waals surface area contributed by atoms with E-state index in [0.29, 0.717) is 16.8 Å². The van der Waals surface area contributed by atoms with E-state index < -0.39 is 24.5 Å². The van der Waals surface area contributed by atoms with Crippen LogP contribution < -0.4 is 11.1 Å². The van der Waals surface area contributed by atoms with Crippen LogP contribution in [0.4, 0.5) is 18.9 Å². The molecule has 3 N–H and O–H groups in total. The Morgan fingerprint density at radius 1 is 1.16 bits per heavy atom. The molecule has 0 saturated heterocycles. The van der Waals surface area contributed by atoms with Gasteiger partial charge in [-0.05, 0) is 36.6 Å². The number of alkyl halides is 3. The van der Waals surface area contributed by atoms with Crippen molar-refractivity contribution in [3.8, 4) is 0 Å². The number of halogens is 4. The number of anilines is 1. The molecular weight excluding hydrogens is 353 g/mol. The van der Waals surface area contributed by atoms with Crippen molar-refractivity contribution in [3.05, 3.63) is 65.2 Å². The first-order valence-electron chi connectivity index (χ1n) is 7.53. The molecule has 1 atom stereocenters. The van der Waals surface area contributed by atoms with Crippen LogP contribution in [0.25, 0.3) is 0 Å². The van der Waals surface area contributed by atoms with Gasteiger partial charge in [0.25, 0.3) is 0 Å². The number of amides is 1. The van der Waals surface area contributed by atoms with Gasteiger partial charge in [0.2, 0.25) is 5.91 Å². The van der Waals surface area contributed by atoms with Crippen LogP contribution in [0.5, 0.6) is 0 Å². The smallest absolute Gasteiger partial charge is 0.324 e. The molecule has 0 saturated carbocycles. The fourth-order valence-corrected chi connectivity index (χ4v) is 2.24. The maximum atomic E-state index is 12.3. The molecule has 0 aliphatic carbocycles. The molecule has 0 aliphatic rings. The first-order valence-corrected chi connectivity index (χ1v) is 7.53. The van der Waals surface area contributed by atoms with Gasteiger partial charge in [-0.15, -0.1) is 12.4 Å². The molecule has 7 heteroatoms. The minimum absolute atomic E-state index is 0. The van der Waals surface area contributed by atoms with Crippen LogP contribution in [-0.2, 0) is 11.2 Å². The van der Waals surface area contributed by atoms with Crippen molar-refractivity contribution in [2.75, 3.05) is 5.32 Å². The van der Waals surface area contributed by atoms with Crippen molar-refractivity contribution >= 4 is 24.0 Å². The minimum atomic E-state index is -4.20. The molecule has 0 aliphatic heterocycles. The Hall–Kier alpha value is -2.05. The topological polar surface area (TPSA) is 55.1 Å². The van der Waals surface area contributed by atoms with Crippen molar-refractivity contribution in [1.29, 1.82) is 0 Å². The van der Waals surface area contributed by atoms with Crippen molar-refractivity contribution in [2.45, 2.75) is 32.0 Å². The van der Waals surface area contributed by atoms with Gasteiger partial charge in [-0.25, -0.2) is 0 Å². The van der Waals surface area contributed by atoms with E-state index >= 15 is 0 Å². The van der Waals surface area contributed by atoms with Crippen LogP contribution in [0.1, 0.15) is 29.2 Å². The molecule has 0 heterocycles. The van der Waals surface area contributed by atoms with Gasteiger partial charge >= 0.3 is 6.18 Å². The number of nitrogens with one attached hydrogen (secondary N) is 1. The summed E-state index contributed by atoms with van der Waals surface area (Å²) < 4.78 is 36.9. The van der Waals surface area contributed by atoms with Gasteiger partial charge in [-0.1, -0.05) is 42.0 Å². The predicted octanol–water partition coefficient (Wildman–Crippen LogP) is 4.55. The maximum Gasteiger partial charge on any atom is 0.389 e. The average Bonchev–Trinajstić information content (AvgIpc) is 2.53. The number of carbonyl (C=O) groups is 1. The Bertz CT molecular complexity index is 702. The van der Waals surface area contributed by atoms with Crippen LogP contribution in [0.2, 0.25) is 0 Å². The molecule has 25 heavy (non-hydrogen) atoms. The minimum Gasteiger partial charge on any atom is -0.324 e. The number of rotatable bonds is 5. The number of hydrogen-bond donors (Lipinski definition) is 2. The van der Waals surface area contributed by atoms with E-state index in [1.807, 2.05) is 19.1 Å². The molecular formula is C18H20ClF3N2O. The number of aryl methyl sites for hydroxylation is 2. The summed E-state index contributed by atoms with van der Waals surface area (Å²) in [6.45, 7) is 1.93. The van der Waals surface area contributed by atoms with Crippen LogP contribution in [-0.4, -0.2) is 12.1 Å². The predicted molar refractivity (Wildman–Crippen MR) is 94.8 cm³/mol. The van der Waals surface area contributed by atoms with Crippen molar-refractivity contribution in [3.63, 3.8) is 0 Å². The second-order valence-corrected chi connectivity index (χ2v) is 5.69. The van der Waals surface area contributed by atoms with E-state index in [1.54, 1.807) is 30.3 Å². The third-order valence-corrected chi connectivity index (χ3v) is 3.61. The summed E-state index contributed by atoms with van der Waals surface area (Å²) in [4.78, 5) is 12.2. The summed E-state index contributed by atoms with van der Waals surface area (Å²) in [6.07, 6.45) is -5.22. The Kier molecular flexibility index (Phi) is 7.45. The standard InChI is InChI=1S/C18H19F3N2O.ClH/c1-12-5-7-14(8-6-12)16(22)17(24)23-15-4-2-3-13(11-15)9-10-18(19,20)21;/h2-8,11,16H,9-10,22H2,1H3,(H,23,24);1H. The lowest BCUT2D eigenvalue weighted by Crippen LogP contribution is -2.27. The van der Waals surface area contributed by atoms with Crippen LogP contribution >= 0.6 is 12.4 Å². The normalized spacial score (nSPS) is 12.2. The SMILES string of the molecule is Cc1ccc(C(N)C(=O)Nc2cccc(CCC(F)(F)F)c2)cc1.Cl. The lowest BCUT2D eigenvalue weighted by Gasteiger charge is -2.14. The summed E-state index contributed by atoms with van der Waals surface area (Å²) in [5, 5.41) is 2.65. The molecule has 0 spiro atoms. The molecule has 0 aromatic heterocycles. The summed E-state index contributed by atoms with van der Waals surface area (Å²) in [7, 11) is 0. The lowest BCUT2D eigenvalue weighted by molar-refractivity contribution is -0.134. The van der Waals surface area contributed by atoms with Gasteiger partial charge in [0.05, 0.1) is 0 Å². The zero-order valence-electron chi connectivity index (χ0n) is 13.6. The van der Waals surface area contributed by atoms with Crippen LogP contribution in [0.15, 0.2) is 48.5 Å². The lowest BCUT2D eigenvalue weighted by atomic mass is 10.0. The number of benzene rings is 2. The summed E-state index contributed by atoms with van der Waals surface area (Å²) >= 11 is 0. The highest BCUT2D eigenvalue weighted by molar-refractivity contribution is 5.95. The molecule has 0 bridgehead atoms. The molecule has 2 aromatic carbocycles. The number of carbonyl (C=O) groups excluding carboxylic acids is 1. The second-order valence-electron chi connectivity index (χ2n) is 5.69. The van der Waals surface area contributed by atoms with Crippen LogP contribution in [0.3, 0.4) is 0 Å². The van der Waals surface area contributed by atoms with E-state index in [1.165, 1.54) is 6.07 Å². The molecule has 2 aromatic rings. The van der Waals surface area contributed by atoms with Crippen LogP contribution in [0, 0.1) is 6.92 Å². The zero-order valence-corrected chi connectivity index (χ0v) is 14.5. The monoisotopic (exact) mass is 372 g/mol. The van der Waals surface area contributed by atoms with Gasteiger partial charge < -0.3 is 11.1 Å². The Morgan fingerprint density at radius 3 is 2.40 bits per heavy atom. The van der Waals surface area contributed by atoms with Gasteiger partial charge in [-0.2, -0.15) is 13.2 Å². The molecule has 0 radical (unpaired) electrons. The van der Waals surface area contributed by atoms with E-state index in [4.69, 9.17) is 5.73 Å². The molecule has 1 amide bonds. The van der Waals surface area contributed by atoms with E-state index in [0.717, 1.165) is 5.56 Å². The summed E-state index contributed by atoms with van der Waals surface area (Å²) in [6, 6.07) is 12.8. The third kappa shape index (κ3) is 6.76. The molecule has 1 unspecified atom stereocenters. The van der Waals surface area contributed by atoms with E-state index in [-0.39, 0.29) is 18.8 Å². The molecule has 136 valence electrons. The fraction of sp³-hybridized carbons (Fsp3) is 0.278. The quantitative estimate of drug-likeness (QED) is 0.809. The average molecular weight is 373 g/mol. The highest BCUT2D eigenvalue weighted by Gasteiger charge is 2.26. The maximum absolute atomic E-state index is 12.3. The van der Waals surface area contributed by atoms with Crippen molar-refractivity contribution < 1.29 is 18.0 Å². The third-order valence-electron chi connectivity index (χ3n) is 3.61. The van der Waals surface area contributed by atoms with E-state index in [2.05, 4.69) is 5.32 Å². The molecule has 0 fully saturated rings. The number of hydrogen-bond acceptors (Lipinski definition) is 2. The largest absolute Gasteiger partial charge is 0.389 e. The Morgan fingerprint density at radius 2 is 1.80 bits per heavy atom. The summed E-state index contributed by atoms with van der Waals surface area (Å²) in [5.41, 5.74) is 8.60. The fourth-order valence-electron chi connectivity index (χ4n) is 2.24. The van der Waals surface area contributed by atoms with Gasteiger partial charge in [-0.3, -0.25) is 4.79 Å². The first-order chi connectivity index (χ1) is 11.2. The highest BCUT2D eigenvalue weighted by Crippen LogP contribution is 2.23. The Labute approximate surface area is 150 Å². The van der Waals surface area contributed by atoms with E-state index in [9.17, 15) is 18.0 Å². The van der Waals surface area contributed by atoms with Gasteiger partial charge in [0, 0.05) is 12.1 Å². The van der Waals surface area contributed by atoms with Crippen molar-refractivity contribution in [1.82, 2.24) is 0 Å². The second kappa shape index (κ2) is 8.87. The molecule has 3 nitrogen and oxygen atoms in total. The number of nitrogens with two attached hydrogens (primary N) is 1. The van der Waals surface area contributed by atoms with Gasteiger partial charge in [0.15, 0.2) is 0 Å². The Balaban J connectivity index is 0.00000312. The highest BCUT2D eigenvalue weighted by atomic mass is 35.5. The van der Waals surface area contributed by atoms with Gasteiger partial charge in [0.1, 0.15) is 6.04 Å². The molecule has 2 rings (SSSR count). The first kappa shape index (κ1) is 21.0.